The van der Waals surface area contributed by atoms with Gasteiger partial charge in [-0.25, -0.2) is 4.72 Å². The monoisotopic (exact) mass is 345 g/mol. The molecule has 0 aromatic heterocycles. The van der Waals surface area contributed by atoms with E-state index in [-0.39, 0.29) is 18.6 Å². The standard InChI is InChI=1S/C15H24ClN3O2S/c1-19(2)15(13-9-5-6-10-14(13)16)11-17-22(20,21)18-12-7-3-4-8-12/h5-6,9-10,12,15,17-18H,3-4,7-8,11H2,1-2H3. The van der Waals surface area contributed by atoms with E-state index in [4.69, 9.17) is 11.6 Å². The van der Waals surface area contributed by atoms with Crippen molar-refractivity contribution >= 4 is 21.8 Å². The summed E-state index contributed by atoms with van der Waals surface area (Å²) in [5.74, 6) is 0. The normalized spacial score (nSPS) is 18.0. The number of hydrogen-bond acceptors (Lipinski definition) is 3. The molecule has 0 aliphatic heterocycles. The van der Waals surface area contributed by atoms with Gasteiger partial charge < -0.3 is 4.90 Å². The zero-order valence-electron chi connectivity index (χ0n) is 13.0. The highest BCUT2D eigenvalue weighted by Gasteiger charge is 2.23. The molecule has 0 saturated heterocycles. The van der Waals surface area contributed by atoms with E-state index in [2.05, 4.69) is 9.44 Å². The van der Waals surface area contributed by atoms with Crippen LogP contribution >= 0.6 is 11.6 Å². The number of likely N-dealkylation sites (N-methyl/N-ethyl adjacent to an activating group) is 1. The first-order chi connectivity index (χ1) is 10.4. The maximum atomic E-state index is 12.2. The van der Waals surface area contributed by atoms with Crippen molar-refractivity contribution in [2.24, 2.45) is 0 Å². The highest BCUT2D eigenvalue weighted by molar-refractivity contribution is 7.87. The van der Waals surface area contributed by atoms with E-state index in [0.717, 1.165) is 31.2 Å². The zero-order chi connectivity index (χ0) is 16.2. The minimum Gasteiger partial charge on any atom is -0.301 e. The highest BCUT2D eigenvalue weighted by atomic mass is 35.5. The second kappa shape index (κ2) is 7.75. The van der Waals surface area contributed by atoms with Crippen molar-refractivity contribution in [1.82, 2.24) is 14.3 Å². The highest BCUT2D eigenvalue weighted by Crippen LogP contribution is 2.25. The van der Waals surface area contributed by atoms with Crippen LogP contribution in [0.4, 0.5) is 0 Å². The van der Waals surface area contributed by atoms with Crippen LogP contribution in [-0.4, -0.2) is 40.0 Å². The van der Waals surface area contributed by atoms with Crippen LogP contribution in [0.5, 0.6) is 0 Å². The molecule has 1 atom stereocenters. The van der Waals surface area contributed by atoms with Gasteiger partial charge in [-0.2, -0.15) is 13.1 Å². The summed E-state index contributed by atoms with van der Waals surface area (Å²) >= 11 is 6.23. The lowest BCUT2D eigenvalue weighted by Gasteiger charge is -2.26. The third-order valence-electron chi connectivity index (χ3n) is 4.03. The molecule has 1 fully saturated rings. The number of halogens is 1. The van der Waals surface area contributed by atoms with Gasteiger partial charge in [0.2, 0.25) is 0 Å². The van der Waals surface area contributed by atoms with E-state index in [1.165, 1.54) is 0 Å². The van der Waals surface area contributed by atoms with E-state index in [1.807, 2.05) is 43.3 Å². The summed E-state index contributed by atoms with van der Waals surface area (Å²) in [6.07, 6.45) is 4.02. The van der Waals surface area contributed by atoms with Gasteiger partial charge in [-0.15, -0.1) is 0 Å². The molecule has 5 nitrogen and oxygen atoms in total. The summed E-state index contributed by atoms with van der Waals surface area (Å²) in [7, 11) is 0.335. The van der Waals surface area contributed by atoms with Crippen LogP contribution in [-0.2, 0) is 10.2 Å². The Morgan fingerprint density at radius 3 is 2.50 bits per heavy atom. The molecule has 0 spiro atoms. The predicted octanol–water partition coefficient (Wildman–Crippen LogP) is 2.31. The lowest BCUT2D eigenvalue weighted by Crippen LogP contribution is -2.44. The largest absolute Gasteiger partial charge is 0.301 e. The summed E-state index contributed by atoms with van der Waals surface area (Å²) in [5.41, 5.74) is 0.915. The molecular formula is C15H24ClN3O2S. The van der Waals surface area contributed by atoms with Gasteiger partial charge >= 0.3 is 0 Å². The Balaban J connectivity index is 2.01. The van der Waals surface area contributed by atoms with Crippen molar-refractivity contribution < 1.29 is 8.42 Å². The molecule has 1 aliphatic rings. The van der Waals surface area contributed by atoms with Crippen molar-refractivity contribution in [2.45, 2.75) is 37.8 Å². The maximum absolute atomic E-state index is 12.2. The zero-order valence-corrected chi connectivity index (χ0v) is 14.6. The smallest absolute Gasteiger partial charge is 0.277 e. The van der Waals surface area contributed by atoms with Crippen molar-refractivity contribution in [3.8, 4) is 0 Å². The van der Waals surface area contributed by atoms with Crippen LogP contribution in [0, 0.1) is 0 Å². The summed E-state index contributed by atoms with van der Waals surface area (Å²) in [6, 6.07) is 7.46. The fraction of sp³-hybridized carbons (Fsp3) is 0.600. The molecule has 1 saturated carbocycles. The number of nitrogens with one attached hydrogen (secondary N) is 2. The lowest BCUT2D eigenvalue weighted by atomic mass is 10.1. The summed E-state index contributed by atoms with van der Waals surface area (Å²) in [4.78, 5) is 1.96. The van der Waals surface area contributed by atoms with Crippen LogP contribution in [0.15, 0.2) is 24.3 Å². The van der Waals surface area contributed by atoms with E-state index in [9.17, 15) is 8.42 Å². The maximum Gasteiger partial charge on any atom is 0.277 e. The molecule has 0 heterocycles. The van der Waals surface area contributed by atoms with E-state index < -0.39 is 10.2 Å². The van der Waals surface area contributed by atoms with Gasteiger partial charge in [0.25, 0.3) is 10.2 Å². The number of benzene rings is 1. The van der Waals surface area contributed by atoms with Gasteiger partial charge in [0.05, 0.1) is 0 Å². The first kappa shape index (κ1) is 17.7. The number of rotatable bonds is 7. The SMILES string of the molecule is CN(C)C(CNS(=O)(=O)NC1CCCC1)c1ccccc1Cl. The van der Waals surface area contributed by atoms with Crippen LogP contribution < -0.4 is 9.44 Å². The molecule has 22 heavy (non-hydrogen) atoms. The number of nitrogens with zero attached hydrogens (tertiary/aromatic N) is 1. The fourth-order valence-corrected chi connectivity index (χ4v) is 4.21. The predicted molar refractivity (Wildman–Crippen MR) is 90.2 cm³/mol. The van der Waals surface area contributed by atoms with Gasteiger partial charge in [0.1, 0.15) is 0 Å². The minimum atomic E-state index is -3.48. The van der Waals surface area contributed by atoms with Crippen molar-refractivity contribution in [2.75, 3.05) is 20.6 Å². The van der Waals surface area contributed by atoms with Gasteiger partial charge in [0, 0.05) is 23.7 Å². The van der Waals surface area contributed by atoms with Crippen LogP contribution in [0.1, 0.15) is 37.3 Å². The molecule has 1 aromatic carbocycles. The Kier molecular flexibility index (Phi) is 6.23. The molecule has 7 heteroatoms. The molecule has 1 unspecified atom stereocenters. The third kappa shape index (κ3) is 4.93. The Morgan fingerprint density at radius 1 is 1.27 bits per heavy atom. The van der Waals surface area contributed by atoms with Gasteiger partial charge in [0.15, 0.2) is 0 Å². The fourth-order valence-electron chi connectivity index (χ4n) is 2.81. The molecule has 124 valence electrons. The van der Waals surface area contributed by atoms with Crippen LogP contribution in [0.3, 0.4) is 0 Å². The van der Waals surface area contributed by atoms with Crippen molar-refractivity contribution in [3.05, 3.63) is 34.9 Å². The minimum absolute atomic E-state index is 0.0654. The van der Waals surface area contributed by atoms with E-state index in [1.54, 1.807) is 0 Å². The average molecular weight is 346 g/mol. The second-order valence-corrected chi connectivity index (χ2v) is 7.89. The Hall–Kier alpha value is -0.660. The summed E-state index contributed by atoms with van der Waals surface area (Å²) in [6.45, 7) is 0.277. The molecule has 0 radical (unpaired) electrons. The molecule has 2 rings (SSSR count). The first-order valence-corrected chi connectivity index (χ1v) is 9.43. The molecule has 1 aliphatic carbocycles. The first-order valence-electron chi connectivity index (χ1n) is 7.57. The third-order valence-corrected chi connectivity index (χ3v) is 5.57. The quantitative estimate of drug-likeness (QED) is 0.797. The molecule has 0 amide bonds. The topological polar surface area (TPSA) is 61.4 Å². The van der Waals surface area contributed by atoms with Gasteiger partial charge in [-0.3, -0.25) is 0 Å². The lowest BCUT2D eigenvalue weighted by molar-refractivity contribution is 0.299. The van der Waals surface area contributed by atoms with Crippen molar-refractivity contribution in [3.63, 3.8) is 0 Å². The summed E-state index contributed by atoms with van der Waals surface area (Å²) < 4.78 is 29.7. The van der Waals surface area contributed by atoms with Gasteiger partial charge in [-0.1, -0.05) is 42.6 Å². The van der Waals surface area contributed by atoms with E-state index in [0.29, 0.717) is 5.02 Å². The van der Waals surface area contributed by atoms with Crippen molar-refractivity contribution in [1.29, 1.82) is 0 Å². The Morgan fingerprint density at radius 2 is 1.91 bits per heavy atom. The van der Waals surface area contributed by atoms with E-state index >= 15 is 0 Å². The number of hydrogen-bond donors (Lipinski definition) is 2. The Bertz CT molecular complexity index is 586. The second-order valence-electron chi connectivity index (χ2n) is 5.95. The Labute approximate surface area is 138 Å². The van der Waals surface area contributed by atoms with Crippen LogP contribution in [0.25, 0.3) is 0 Å². The van der Waals surface area contributed by atoms with Crippen LogP contribution in [0.2, 0.25) is 5.02 Å². The molecular weight excluding hydrogens is 322 g/mol. The molecule has 1 aromatic rings. The summed E-state index contributed by atoms with van der Waals surface area (Å²) in [5, 5.41) is 0.643. The molecule has 2 N–H and O–H groups in total. The average Bonchev–Trinajstić information content (AvgIpc) is 2.92. The molecule has 0 bridgehead atoms. The van der Waals surface area contributed by atoms with Gasteiger partial charge in [-0.05, 0) is 38.6 Å².